The van der Waals surface area contributed by atoms with E-state index in [4.69, 9.17) is 0 Å². The topological polar surface area (TPSA) is 44.1 Å². The number of carbonyl (C=O) groups excluding carboxylic acids is 1. The minimum Gasteiger partial charge on any atom is -0.372 e. The highest BCUT2D eigenvalue weighted by Gasteiger charge is 2.27. The van der Waals surface area contributed by atoms with Gasteiger partial charge >= 0.3 is 6.18 Å². The van der Waals surface area contributed by atoms with E-state index in [-0.39, 0.29) is 18.8 Å². The van der Waals surface area contributed by atoms with Crippen LogP contribution in [0.15, 0.2) is 12.3 Å². The summed E-state index contributed by atoms with van der Waals surface area (Å²) in [5.41, 5.74) is 0.392. The van der Waals surface area contributed by atoms with E-state index in [2.05, 4.69) is 9.84 Å². The van der Waals surface area contributed by atoms with Crippen LogP contribution >= 0.6 is 0 Å². The Morgan fingerprint density at radius 1 is 1.53 bits per heavy atom. The second-order valence-corrected chi connectivity index (χ2v) is 3.37. The first-order valence-corrected chi connectivity index (χ1v) is 5.13. The van der Waals surface area contributed by atoms with Crippen molar-refractivity contribution >= 4 is 5.78 Å². The third kappa shape index (κ3) is 4.56. The molecular formula is C10H13F3N2O2. The highest BCUT2D eigenvalue weighted by molar-refractivity contribution is 5.94. The van der Waals surface area contributed by atoms with E-state index in [0.717, 1.165) is 0 Å². The van der Waals surface area contributed by atoms with Gasteiger partial charge in [0.25, 0.3) is 0 Å². The molecule has 0 N–H and O–H groups in total. The molecule has 1 heterocycles. The van der Waals surface area contributed by atoms with Crippen LogP contribution in [0.25, 0.3) is 0 Å². The molecule has 0 radical (unpaired) electrons. The van der Waals surface area contributed by atoms with Gasteiger partial charge in [-0.3, -0.25) is 9.48 Å². The van der Waals surface area contributed by atoms with E-state index in [0.29, 0.717) is 12.2 Å². The van der Waals surface area contributed by atoms with Crippen LogP contribution in [0.4, 0.5) is 13.2 Å². The lowest BCUT2D eigenvalue weighted by molar-refractivity contribution is -0.173. The summed E-state index contributed by atoms with van der Waals surface area (Å²) in [6.45, 7) is 0.794. The van der Waals surface area contributed by atoms with Crippen LogP contribution in [0.2, 0.25) is 0 Å². The molecule has 1 rings (SSSR count). The summed E-state index contributed by atoms with van der Waals surface area (Å²) >= 11 is 0. The lowest BCUT2D eigenvalue weighted by atomic mass is 10.2. The molecule has 7 heteroatoms. The number of ketones is 1. The van der Waals surface area contributed by atoms with Gasteiger partial charge in [-0.2, -0.15) is 18.3 Å². The fraction of sp³-hybridized carbons (Fsp3) is 0.600. The Kier molecular flexibility index (Phi) is 4.68. The van der Waals surface area contributed by atoms with Crippen LogP contribution in [-0.2, 0) is 11.3 Å². The molecule has 1 aromatic rings. The van der Waals surface area contributed by atoms with Crippen LogP contribution in [-0.4, -0.2) is 35.0 Å². The highest BCUT2D eigenvalue weighted by Crippen LogP contribution is 2.14. The average Bonchev–Trinajstić information content (AvgIpc) is 2.70. The van der Waals surface area contributed by atoms with E-state index in [9.17, 15) is 18.0 Å². The predicted molar refractivity (Wildman–Crippen MR) is 53.7 cm³/mol. The van der Waals surface area contributed by atoms with Crippen molar-refractivity contribution in [3.8, 4) is 0 Å². The largest absolute Gasteiger partial charge is 0.411 e. The first kappa shape index (κ1) is 13.7. The zero-order valence-corrected chi connectivity index (χ0v) is 9.33. The zero-order valence-electron chi connectivity index (χ0n) is 9.33. The van der Waals surface area contributed by atoms with E-state index in [1.165, 1.54) is 16.9 Å². The molecule has 96 valence electrons. The van der Waals surface area contributed by atoms with Crippen LogP contribution < -0.4 is 0 Å². The molecule has 1 aromatic heterocycles. The molecule has 0 atom stereocenters. The summed E-state index contributed by atoms with van der Waals surface area (Å²) < 4.78 is 41.1. The summed E-state index contributed by atoms with van der Waals surface area (Å²) in [7, 11) is 0. The van der Waals surface area contributed by atoms with Crippen LogP contribution in [0.1, 0.15) is 23.8 Å². The van der Waals surface area contributed by atoms with Gasteiger partial charge in [0.2, 0.25) is 0 Å². The Hall–Kier alpha value is -1.37. The van der Waals surface area contributed by atoms with Gasteiger partial charge in [-0.05, 0) is 13.0 Å². The van der Waals surface area contributed by atoms with Crippen molar-refractivity contribution in [3.63, 3.8) is 0 Å². The smallest absolute Gasteiger partial charge is 0.372 e. The molecule has 0 amide bonds. The molecule has 0 aromatic carbocycles. The molecule has 17 heavy (non-hydrogen) atoms. The Balaban J connectivity index is 2.36. The van der Waals surface area contributed by atoms with Crippen molar-refractivity contribution < 1.29 is 22.7 Å². The minimum absolute atomic E-state index is 0.0816. The molecule has 0 spiro atoms. The number of carbonyl (C=O) groups is 1. The maximum atomic E-state index is 11.7. The molecule has 0 saturated heterocycles. The average molecular weight is 250 g/mol. The van der Waals surface area contributed by atoms with E-state index in [1.807, 2.05) is 6.92 Å². The lowest BCUT2D eigenvalue weighted by Crippen LogP contribution is -2.19. The maximum Gasteiger partial charge on any atom is 0.411 e. The van der Waals surface area contributed by atoms with Gasteiger partial charge in [0.15, 0.2) is 5.78 Å². The number of Topliss-reactive ketones (excluding diaryl/α,β-unsaturated/α-hetero) is 1. The van der Waals surface area contributed by atoms with Gasteiger partial charge < -0.3 is 4.74 Å². The number of ether oxygens (including phenoxy) is 1. The predicted octanol–water partition coefficient (Wildman–Crippen LogP) is 2.05. The van der Waals surface area contributed by atoms with E-state index < -0.39 is 12.8 Å². The summed E-state index contributed by atoms with van der Waals surface area (Å²) in [4.78, 5) is 11.6. The third-order valence-electron chi connectivity index (χ3n) is 2.04. The quantitative estimate of drug-likeness (QED) is 0.573. The molecule has 0 unspecified atom stereocenters. The van der Waals surface area contributed by atoms with Crippen LogP contribution in [0, 0.1) is 0 Å². The highest BCUT2D eigenvalue weighted by atomic mass is 19.4. The minimum atomic E-state index is -4.35. The first-order chi connectivity index (χ1) is 7.94. The Bertz CT molecular complexity index is 374. The number of alkyl halides is 3. The molecule has 0 fully saturated rings. The van der Waals surface area contributed by atoms with E-state index >= 15 is 0 Å². The number of aromatic nitrogens is 2. The van der Waals surface area contributed by atoms with Crippen molar-refractivity contribution in [1.82, 2.24) is 9.78 Å². The Morgan fingerprint density at radius 2 is 2.24 bits per heavy atom. The SMILES string of the molecule is CCn1nccc1C(=O)CCOCC(F)(F)F. The molecule has 0 aliphatic rings. The zero-order chi connectivity index (χ0) is 12.9. The molecule has 4 nitrogen and oxygen atoms in total. The lowest BCUT2D eigenvalue weighted by Gasteiger charge is -2.07. The second-order valence-electron chi connectivity index (χ2n) is 3.37. The van der Waals surface area contributed by atoms with Gasteiger partial charge in [0, 0.05) is 19.2 Å². The van der Waals surface area contributed by atoms with Crippen molar-refractivity contribution in [2.75, 3.05) is 13.2 Å². The van der Waals surface area contributed by atoms with Gasteiger partial charge in [-0.1, -0.05) is 0 Å². The number of aryl methyl sites for hydroxylation is 1. The maximum absolute atomic E-state index is 11.7. The molecule has 0 saturated carbocycles. The molecular weight excluding hydrogens is 237 g/mol. The van der Waals surface area contributed by atoms with Crippen molar-refractivity contribution in [1.29, 1.82) is 0 Å². The summed E-state index contributed by atoms with van der Waals surface area (Å²) in [6, 6.07) is 1.54. The number of nitrogens with zero attached hydrogens (tertiary/aromatic N) is 2. The molecule has 0 aliphatic heterocycles. The van der Waals surface area contributed by atoms with Gasteiger partial charge in [-0.25, -0.2) is 0 Å². The van der Waals surface area contributed by atoms with Crippen molar-refractivity contribution in [2.24, 2.45) is 0 Å². The van der Waals surface area contributed by atoms with E-state index in [1.54, 1.807) is 0 Å². The monoisotopic (exact) mass is 250 g/mol. The standard InChI is InChI=1S/C10H13F3N2O2/c1-2-15-8(3-5-14-15)9(16)4-6-17-7-10(11,12)13/h3,5H,2,4,6-7H2,1H3. The fourth-order valence-electron chi connectivity index (χ4n) is 1.30. The summed E-state index contributed by atoms with van der Waals surface area (Å²) in [5.74, 6) is -0.272. The van der Waals surface area contributed by atoms with Crippen LogP contribution in [0.5, 0.6) is 0 Å². The van der Waals surface area contributed by atoms with Crippen molar-refractivity contribution in [3.05, 3.63) is 18.0 Å². The van der Waals surface area contributed by atoms with Gasteiger partial charge in [-0.15, -0.1) is 0 Å². The third-order valence-corrected chi connectivity index (χ3v) is 2.04. The summed E-state index contributed by atoms with van der Waals surface area (Å²) in [6.07, 6.45) is -2.96. The van der Waals surface area contributed by atoms with Gasteiger partial charge in [0.1, 0.15) is 12.3 Å². The molecule has 0 bridgehead atoms. The normalized spacial score (nSPS) is 11.8. The number of hydrogen-bond donors (Lipinski definition) is 0. The molecule has 0 aliphatic carbocycles. The number of rotatable bonds is 6. The Morgan fingerprint density at radius 3 is 2.82 bits per heavy atom. The number of halogens is 3. The van der Waals surface area contributed by atoms with Crippen molar-refractivity contribution in [2.45, 2.75) is 26.1 Å². The van der Waals surface area contributed by atoms with Crippen LogP contribution in [0.3, 0.4) is 0 Å². The van der Waals surface area contributed by atoms with Gasteiger partial charge in [0.05, 0.1) is 6.61 Å². The Labute approximate surface area is 96.4 Å². The first-order valence-electron chi connectivity index (χ1n) is 5.13. The number of hydrogen-bond acceptors (Lipinski definition) is 3. The second kappa shape index (κ2) is 5.81. The fourth-order valence-corrected chi connectivity index (χ4v) is 1.30. The summed E-state index contributed by atoms with van der Waals surface area (Å²) in [5, 5.41) is 3.90.